The molecule has 1 amide bonds. The molecule has 3 aromatic rings. The maximum atomic E-state index is 15.0. The van der Waals surface area contributed by atoms with Gasteiger partial charge >= 0.3 is 0 Å². The third-order valence-electron chi connectivity index (χ3n) is 8.43. The Morgan fingerprint density at radius 1 is 1.06 bits per heavy atom. The van der Waals surface area contributed by atoms with E-state index in [1.807, 2.05) is 30.3 Å². The highest BCUT2D eigenvalue weighted by Crippen LogP contribution is 2.59. The number of nitrogens with zero attached hydrogens (tertiary/aromatic N) is 2. The fraction of sp³-hybridized carbons (Fsp3) is 0.357. The predicted molar refractivity (Wildman–Crippen MR) is 131 cm³/mol. The number of rotatable bonds is 4. The summed E-state index contributed by atoms with van der Waals surface area (Å²) in [6, 6.07) is 16.3. The Balaban J connectivity index is 1.19. The van der Waals surface area contributed by atoms with Crippen molar-refractivity contribution in [3.8, 4) is 22.3 Å². The molecule has 1 aromatic heterocycles. The summed E-state index contributed by atoms with van der Waals surface area (Å²) in [6.07, 6.45) is 1.99. The lowest BCUT2D eigenvalue weighted by Crippen LogP contribution is -2.49. The Hall–Kier alpha value is -3.29. The van der Waals surface area contributed by atoms with Gasteiger partial charge in [0, 0.05) is 41.7 Å². The highest BCUT2D eigenvalue weighted by Gasteiger charge is 2.61. The highest BCUT2D eigenvalue weighted by molar-refractivity contribution is 5.97. The van der Waals surface area contributed by atoms with E-state index in [4.69, 9.17) is 10.5 Å². The van der Waals surface area contributed by atoms with Crippen molar-refractivity contribution in [2.24, 2.45) is 5.92 Å². The number of halogens is 1. The van der Waals surface area contributed by atoms with Gasteiger partial charge in [-0.3, -0.25) is 9.69 Å². The van der Waals surface area contributed by atoms with Gasteiger partial charge in [0.25, 0.3) is 5.91 Å². The lowest BCUT2D eigenvalue weighted by atomic mass is 9.91. The molecular weight excluding hydrogens is 443 g/mol. The molecule has 3 fully saturated rings. The number of nitrogens with one attached hydrogen (secondary N) is 1. The molecule has 7 heteroatoms. The van der Waals surface area contributed by atoms with E-state index in [9.17, 15) is 9.18 Å². The molecule has 178 valence electrons. The van der Waals surface area contributed by atoms with Crippen molar-refractivity contribution in [3.05, 3.63) is 71.2 Å². The standard InChI is InChI=1S/C28H27FN4O2/c29-25-23(10-24(26(30)32-25)17-3-6-22-18(9-17)7-8-31-27(22)34)16-1-4-19(5-2-16)28-11-20(28)12-33(15-28)21-13-35-14-21/h1-6,9-10,20-21H,7-8,11-15H2,(H2,30,32)(H,31,34)/t20-,28+/m1/s1. The van der Waals surface area contributed by atoms with Crippen LogP contribution < -0.4 is 11.1 Å². The lowest BCUT2D eigenvalue weighted by molar-refractivity contribution is -0.0610. The first-order valence-corrected chi connectivity index (χ1v) is 12.3. The predicted octanol–water partition coefficient (Wildman–Crippen LogP) is 3.39. The molecule has 0 spiro atoms. The second-order valence-electron chi connectivity index (χ2n) is 10.4. The molecule has 3 aliphatic heterocycles. The van der Waals surface area contributed by atoms with Crippen LogP contribution in [0.3, 0.4) is 0 Å². The number of likely N-dealkylation sites (tertiary alicyclic amines) is 1. The number of pyridine rings is 1. The summed E-state index contributed by atoms with van der Waals surface area (Å²) >= 11 is 0. The minimum absolute atomic E-state index is 0.0624. The van der Waals surface area contributed by atoms with E-state index in [0.717, 1.165) is 49.4 Å². The number of carbonyl (C=O) groups excluding carboxylic acids is 1. The smallest absolute Gasteiger partial charge is 0.251 e. The average molecular weight is 471 g/mol. The van der Waals surface area contributed by atoms with Gasteiger partial charge in [0.15, 0.2) is 0 Å². The minimum Gasteiger partial charge on any atom is -0.383 e. The second-order valence-corrected chi connectivity index (χ2v) is 10.4. The molecule has 4 aliphatic rings. The summed E-state index contributed by atoms with van der Waals surface area (Å²) in [6.45, 7) is 4.55. The Labute approximate surface area is 203 Å². The number of nitrogens with two attached hydrogens (primary N) is 1. The largest absolute Gasteiger partial charge is 0.383 e. The van der Waals surface area contributed by atoms with Crippen molar-refractivity contribution in [3.63, 3.8) is 0 Å². The third-order valence-corrected chi connectivity index (χ3v) is 8.43. The first-order valence-electron chi connectivity index (χ1n) is 12.3. The van der Waals surface area contributed by atoms with Gasteiger partial charge in [-0.15, -0.1) is 0 Å². The number of piperidine rings is 1. The Morgan fingerprint density at radius 3 is 2.63 bits per heavy atom. The van der Waals surface area contributed by atoms with Crippen molar-refractivity contribution in [1.82, 2.24) is 15.2 Å². The zero-order valence-corrected chi connectivity index (χ0v) is 19.4. The fourth-order valence-electron chi connectivity index (χ4n) is 6.20. The second kappa shape index (κ2) is 7.60. The number of aromatic nitrogens is 1. The van der Waals surface area contributed by atoms with E-state index < -0.39 is 5.95 Å². The van der Waals surface area contributed by atoms with Gasteiger partial charge < -0.3 is 15.8 Å². The van der Waals surface area contributed by atoms with Crippen molar-refractivity contribution >= 4 is 11.7 Å². The Morgan fingerprint density at radius 2 is 1.86 bits per heavy atom. The molecule has 35 heavy (non-hydrogen) atoms. The molecule has 6 nitrogen and oxygen atoms in total. The van der Waals surface area contributed by atoms with E-state index >= 15 is 0 Å². The van der Waals surface area contributed by atoms with Gasteiger partial charge in [-0.05, 0) is 53.1 Å². The number of amides is 1. The summed E-state index contributed by atoms with van der Waals surface area (Å²) in [5, 5.41) is 2.86. The average Bonchev–Trinajstić information content (AvgIpc) is 3.39. The summed E-state index contributed by atoms with van der Waals surface area (Å²) < 4.78 is 20.3. The fourth-order valence-corrected chi connectivity index (χ4v) is 6.20. The normalized spacial score (nSPS) is 25.5. The quantitative estimate of drug-likeness (QED) is 0.572. The van der Waals surface area contributed by atoms with Crippen LogP contribution in [-0.4, -0.2) is 54.7 Å². The van der Waals surface area contributed by atoms with Gasteiger partial charge in [-0.25, -0.2) is 4.98 Å². The molecule has 0 bridgehead atoms. The molecule has 7 rings (SSSR count). The summed E-state index contributed by atoms with van der Waals surface area (Å²) in [5.41, 5.74) is 12.1. The van der Waals surface area contributed by atoms with Crippen LogP contribution in [0.4, 0.5) is 10.2 Å². The molecule has 2 atom stereocenters. The SMILES string of the molecule is Nc1nc(F)c(-c2ccc([C@@]34C[C@@H]3CN(C3COC3)C4)cc2)cc1-c1ccc2c(c1)CCNC2=O. The number of ether oxygens (including phenoxy) is 1. The molecule has 2 aromatic carbocycles. The topological polar surface area (TPSA) is 80.5 Å². The molecule has 4 heterocycles. The van der Waals surface area contributed by atoms with Crippen molar-refractivity contribution < 1.29 is 13.9 Å². The molecule has 0 unspecified atom stereocenters. The first kappa shape index (κ1) is 21.0. The zero-order chi connectivity index (χ0) is 23.7. The number of benzene rings is 2. The molecule has 1 saturated carbocycles. The van der Waals surface area contributed by atoms with Crippen molar-refractivity contribution in [1.29, 1.82) is 0 Å². The van der Waals surface area contributed by atoms with E-state index in [0.29, 0.717) is 35.2 Å². The van der Waals surface area contributed by atoms with Gasteiger partial charge in [-0.1, -0.05) is 36.4 Å². The summed E-state index contributed by atoms with van der Waals surface area (Å²) in [4.78, 5) is 18.7. The van der Waals surface area contributed by atoms with Gasteiger partial charge in [0.05, 0.1) is 19.3 Å². The van der Waals surface area contributed by atoms with Gasteiger partial charge in [-0.2, -0.15) is 4.39 Å². The number of nitrogen functional groups attached to an aromatic ring is 1. The maximum absolute atomic E-state index is 15.0. The van der Waals surface area contributed by atoms with Crippen LogP contribution in [-0.2, 0) is 16.6 Å². The highest BCUT2D eigenvalue weighted by atomic mass is 19.1. The monoisotopic (exact) mass is 470 g/mol. The molecule has 0 radical (unpaired) electrons. The van der Waals surface area contributed by atoms with Crippen LogP contribution in [0, 0.1) is 11.9 Å². The third kappa shape index (κ3) is 3.29. The van der Waals surface area contributed by atoms with Crippen LogP contribution in [0.15, 0.2) is 48.5 Å². The number of carbonyl (C=O) groups is 1. The van der Waals surface area contributed by atoms with Crippen LogP contribution in [0.1, 0.15) is 27.9 Å². The van der Waals surface area contributed by atoms with E-state index in [1.54, 1.807) is 6.07 Å². The number of hydrogen-bond donors (Lipinski definition) is 2. The summed E-state index contributed by atoms with van der Waals surface area (Å²) in [5.74, 6) is 0.221. The number of anilines is 1. The zero-order valence-electron chi connectivity index (χ0n) is 19.4. The summed E-state index contributed by atoms with van der Waals surface area (Å²) in [7, 11) is 0. The first-order chi connectivity index (χ1) is 17.0. The minimum atomic E-state index is -0.573. The van der Waals surface area contributed by atoms with Crippen LogP contribution in [0.5, 0.6) is 0 Å². The molecule has 2 saturated heterocycles. The van der Waals surface area contributed by atoms with E-state index in [2.05, 4.69) is 27.3 Å². The number of fused-ring (bicyclic) bond motifs is 2. The molecule has 3 N–H and O–H groups in total. The molecule has 1 aliphatic carbocycles. The van der Waals surface area contributed by atoms with Crippen LogP contribution in [0.25, 0.3) is 22.3 Å². The van der Waals surface area contributed by atoms with Gasteiger partial charge in [0.1, 0.15) is 5.82 Å². The van der Waals surface area contributed by atoms with Crippen LogP contribution >= 0.6 is 0 Å². The van der Waals surface area contributed by atoms with E-state index in [-0.39, 0.29) is 17.1 Å². The maximum Gasteiger partial charge on any atom is 0.251 e. The van der Waals surface area contributed by atoms with Gasteiger partial charge in [0.2, 0.25) is 5.95 Å². The van der Waals surface area contributed by atoms with Crippen molar-refractivity contribution in [2.75, 3.05) is 38.6 Å². The molecular formula is C28H27FN4O2. The van der Waals surface area contributed by atoms with Crippen molar-refractivity contribution in [2.45, 2.75) is 24.3 Å². The Kier molecular flexibility index (Phi) is 4.57. The van der Waals surface area contributed by atoms with Crippen LogP contribution in [0.2, 0.25) is 0 Å². The Bertz CT molecular complexity index is 1350. The number of hydrogen-bond acceptors (Lipinski definition) is 5. The van der Waals surface area contributed by atoms with E-state index in [1.165, 1.54) is 12.0 Å². The lowest BCUT2D eigenvalue weighted by Gasteiger charge is -2.36.